The zero-order valence-corrected chi connectivity index (χ0v) is 13.6. The first-order chi connectivity index (χ1) is 10.2. The lowest BCUT2D eigenvalue weighted by molar-refractivity contribution is 0.349. The van der Waals surface area contributed by atoms with E-state index in [1.54, 1.807) is 11.3 Å². The Bertz CT molecular complexity index is 711. The highest BCUT2D eigenvalue weighted by atomic mass is 79.9. The van der Waals surface area contributed by atoms with Gasteiger partial charge in [0.2, 0.25) is 11.7 Å². The van der Waals surface area contributed by atoms with E-state index < -0.39 is 0 Å². The van der Waals surface area contributed by atoms with Crippen molar-refractivity contribution in [2.24, 2.45) is 5.73 Å². The molecule has 0 radical (unpaired) electrons. The molecule has 0 aliphatic heterocycles. The first-order valence-corrected chi connectivity index (χ1v) is 8.27. The van der Waals surface area contributed by atoms with E-state index in [4.69, 9.17) is 10.3 Å². The molecule has 1 atom stereocenters. The summed E-state index contributed by atoms with van der Waals surface area (Å²) in [6, 6.07) is 12.0. The second-order valence-corrected chi connectivity index (χ2v) is 6.54. The fourth-order valence-electron chi connectivity index (χ4n) is 2.01. The molecule has 2 aromatic heterocycles. The molecule has 2 N–H and O–H groups in total. The second-order valence-electron chi connectivity index (χ2n) is 4.72. The normalized spacial score (nSPS) is 12.5. The summed E-state index contributed by atoms with van der Waals surface area (Å²) in [5.74, 6) is 1.08. The van der Waals surface area contributed by atoms with E-state index in [9.17, 15) is 0 Å². The fraction of sp³-hybridized carbons (Fsp3) is 0.200. The minimum atomic E-state index is -0.241. The van der Waals surface area contributed by atoms with Gasteiger partial charge in [-0.05, 0) is 40.4 Å². The van der Waals surface area contributed by atoms with Gasteiger partial charge in [0.15, 0.2) is 0 Å². The highest BCUT2D eigenvalue weighted by Crippen LogP contribution is 2.28. The van der Waals surface area contributed by atoms with E-state index in [0.29, 0.717) is 11.7 Å². The van der Waals surface area contributed by atoms with Crippen molar-refractivity contribution in [3.05, 3.63) is 57.7 Å². The monoisotopic (exact) mass is 363 g/mol. The molecule has 0 amide bonds. The van der Waals surface area contributed by atoms with Crippen LogP contribution in [0.3, 0.4) is 0 Å². The molecule has 3 rings (SSSR count). The van der Waals surface area contributed by atoms with Gasteiger partial charge >= 0.3 is 0 Å². The Morgan fingerprint density at radius 2 is 2.10 bits per heavy atom. The quantitative estimate of drug-likeness (QED) is 0.737. The number of halogens is 1. The Labute approximate surface area is 135 Å². The van der Waals surface area contributed by atoms with Gasteiger partial charge in [-0.3, -0.25) is 0 Å². The largest absolute Gasteiger partial charge is 0.337 e. The Kier molecular flexibility index (Phi) is 4.48. The predicted molar refractivity (Wildman–Crippen MR) is 87.0 cm³/mol. The summed E-state index contributed by atoms with van der Waals surface area (Å²) in [6.07, 6.45) is 1.67. The van der Waals surface area contributed by atoms with Crippen molar-refractivity contribution in [2.75, 3.05) is 0 Å². The molecule has 108 valence electrons. The molecule has 0 saturated heterocycles. The van der Waals surface area contributed by atoms with Crippen LogP contribution in [0.25, 0.3) is 10.7 Å². The van der Waals surface area contributed by atoms with Crippen molar-refractivity contribution in [3.63, 3.8) is 0 Å². The van der Waals surface area contributed by atoms with Crippen molar-refractivity contribution in [1.82, 2.24) is 10.1 Å². The fourth-order valence-corrected chi connectivity index (χ4v) is 3.36. The van der Waals surface area contributed by atoms with E-state index in [-0.39, 0.29) is 6.04 Å². The summed E-state index contributed by atoms with van der Waals surface area (Å²) in [4.78, 5) is 5.36. The highest BCUT2D eigenvalue weighted by Gasteiger charge is 2.16. The number of rotatable bonds is 5. The minimum absolute atomic E-state index is 0.241. The molecule has 0 bridgehead atoms. The van der Waals surface area contributed by atoms with Gasteiger partial charge < -0.3 is 10.3 Å². The van der Waals surface area contributed by atoms with Crippen LogP contribution in [0.15, 0.2) is 50.8 Å². The molecule has 0 aliphatic carbocycles. The standard InChI is InChI=1S/C15H14BrN3OS/c16-11-8-13(21-9-11)14-18-15(20-19-14)12(17)7-6-10-4-2-1-3-5-10/h1-5,8-9,12H,6-7,17H2/t12-/m0/s1. The van der Waals surface area contributed by atoms with E-state index in [0.717, 1.165) is 22.2 Å². The van der Waals surface area contributed by atoms with E-state index in [1.807, 2.05) is 29.6 Å². The third-order valence-corrected chi connectivity index (χ3v) is 4.82. The lowest BCUT2D eigenvalue weighted by Crippen LogP contribution is -2.11. The number of thiophene rings is 1. The van der Waals surface area contributed by atoms with Crippen molar-refractivity contribution in [3.8, 4) is 10.7 Å². The van der Waals surface area contributed by atoms with E-state index in [1.165, 1.54) is 5.56 Å². The summed E-state index contributed by atoms with van der Waals surface area (Å²) < 4.78 is 6.30. The molecular weight excluding hydrogens is 350 g/mol. The van der Waals surface area contributed by atoms with Crippen LogP contribution in [0.5, 0.6) is 0 Å². The number of nitrogens with zero attached hydrogens (tertiary/aromatic N) is 2. The van der Waals surface area contributed by atoms with E-state index in [2.05, 4.69) is 38.2 Å². The Hall–Kier alpha value is -1.50. The lowest BCUT2D eigenvalue weighted by Gasteiger charge is -2.06. The van der Waals surface area contributed by atoms with Gasteiger partial charge in [0, 0.05) is 9.85 Å². The molecule has 1 aromatic carbocycles. The first kappa shape index (κ1) is 14.4. The van der Waals surface area contributed by atoms with Gasteiger partial charge in [-0.15, -0.1) is 11.3 Å². The SMILES string of the molecule is N[C@@H](CCc1ccccc1)c1nc(-c2cc(Br)cs2)no1. The van der Waals surface area contributed by atoms with Crippen LogP contribution < -0.4 is 5.73 Å². The molecule has 0 unspecified atom stereocenters. The Balaban J connectivity index is 1.65. The molecule has 4 nitrogen and oxygen atoms in total. The molecule has 0 saturated carbocycles. The number of benzene rings is 1. The summed E-state index contributed by atoms with van der Waals surface area (Å²) >= 11 is 4.98. The highest BCUT2D eigenvalue weighted by molar-refractivity contribution is 9.10. The van der Waals surface area contributed by atoms with Crippen LogP contribution in [-0.4, -0.2) is 10.1 Å². The maximum atomic E-state index is 6.14. The topological polar surface area (TPSA) is 64.9 Å². The van der Waals surface area contributed by atoms with Gasteiger partial charge in [-0.1, -0.05) is 35.5 Å². The van der Waals surface area contributed by atoms with Crippen molar-refractivity contribution < 1.29 is 4.52 Å². The summed E-state index contributed by atoms with van der Waals surface area (Å²) in [5, 5.41) is 5.99. The minimum Gasteiger partial charge on any atom is -0.337 e. The first-order valence-electron chi connectivity index (χ1n) is 6.60. The smallest absolute Gasteiger partial charge is 0.243 e. The van der Waals surface area contributed by atoms with Crippen LogP contribution in [-0.2, 0) is 6.42 Å². The molecular formula is C15H14BrN3OS. The third-order valence-electron chi connectivity index (χ3n) is 3.13. The van der Waals surface area contributed by atoms with Crippen molar-refractivity contribution in [2.45, 2.75) is 18.9 Å². The Morgan fingerprint density at radius 3 is 2.81 bits per heavy atom. The molecule has 0 spiro atoms. The van der Waals surface area contributed by atoms with Crippen molar-refractivity contribution >= 4 is 27.3 Å². The van der Waals surface area contributed by atoms with Gasteiger partial charge in [0.05, 0.1) is 10.9 Å². The van der Waals surface area contributed by atoms with Gasteiger partial charge in [-0.2, -0.15) is 4.98 Å². The molecule has 0 fully saturated rings. The van der Waals surface area contributed by atoms with Crippen LogP contribution in [0.2, 0.25) is 0 Å². The number of nitrogens with two attached hydrogens (primary N) is 1. The van der Waals surface area contributed by atoms with Crippen LogP contribution >= 0.6 is 27.3 Å². The van der Waals surface area contributed by atoms with Crippen LogP contribution in [0.4, 0.5) is 0 Å². The maximum absolute atomic E-state index is 6.14. The number of aromatic nitrogens is 2. The van der Waals surface area contributed by atoms with E-state index >= 15 is 0 Å². The molecule has 6 heteroatoms. The predicted octanol–water partition coefficient (Wildman–Crippen LogP) is 4.19. The lowest BCUT2D eigenvalue weighted by atomic mass is 10.1. The van der Waals surface area contributed by atoms with Gasteiger partial charge in [-0.25, -0.2) is 0 Å². The van der Waals surface area contributed by atoms with Crippen LogP contribution in [0.1, 0.15) is 23.9 Å². The average Bonchev–Trinajstić information content (AvgIpc) is 3.14. The van der Waals surface area contributed by atoms with Crippen LogP contribution in [0, 0.1) is 0 Å². The summed E-state index contributed by atoms with van der Waals surface area (Å²) in [5.41, 5.74) is 7.40. The number of hydrogen-bond acceptors (Lipinski definition) is 5. The second kappa shape index (κ2) is 6.51. The number of aryl methyl sites for hydroxylation is 1. The number of hydrogen-bond donors (Lipinski definition) is 1. The molecule has 21 heavy (non-hydrogen) atoms. The zero-order valence-electron chi connectivity index (χ0n) is 11.2. The third kappa shape index (κ3) is 3.58. The van der Waals surface area contributed by atoms with Gasteiger partial charge in [0.1, 0.15) is 0 Å². The van der Waals surface area contributed by atoms with Gasteiger partial charge in [0.25, 0.3) is 0 Å². The average molecular weight is 364 g/mol. The maximum Gasteiger partial charge on any atom is 0.243 e. The molecule has 3 aromatic rings. The van der Waals surface area contributed by atoms with Crippen molar-refractivity contribution in [1.29, 1.82) is 0 Å². The molecule has 0 aliphatic rings. The summed E-state index contributed by atoms with van der Waals surface area (Å²) in [6.45, 7) is 0. The Morgan fingerprint density at radius 1 is 1.29 bits per heavy atom. The molecule has 2 heterocycles. The zero-order chi connectivity index (χ0) is 14.7. The summed E-state index contributed by atoms with van der Waals surface area (Å²) in [7, 11) is 0.